The maximum Gasteiger partial charge on any atom is 0.179 e. The summed E-state index contributed by atoms with van der Waals surface area (Å²) in [6, 6.07) is 21.4. The van der Waals surface area contributed by atoms with E-state index in [2.05, 4.69) is 13.8 Å². The minimum Gasteiger partial charge on any atom is -0.489 e. The fourth-order valence-electron chi connectivity index (χ4n) is 6.05. The first-order valence-electron chi connectivity index (χ1n) is 14.7. The molecule has 0 unspecified atom stereocenters. The smallest absolute Gasteiger partial charge is 0.179 e. The second-order valence-electron chi connectivity index (χ2n) is 11.7. The second kappa shape index (κ2) is 13.6. The van der Waals surface area contributed by atoms with Crippen LogP contribution in [0.5, 0.6) is 5.75 Å². The molecule has 0 amide bonds. The van der Waals surface area contributed by atoms with Gasteiger partial charge in [-0.15, -0.1) is 11.6 Å². The van der Waals surface area contributed by atoms with Crippen molar-refractivity contribution in [2.45, 2.75) is 81.8 Å². The van der Waals surface area contributed by atoms with Gasteiger partial charge < -0.3 is 14.7 Å². The first-order valence-corrected chi connectivity index (χ1v) is 16.9. The van der Waals surface area contributed by atoms with Crippen molar-refractivity contribution in [1.82, 2.24) is 0 Å². The molecule has 1 heterocycles. The minimum absolute atomic E-state index is 0.0321. The van der Waals surface area contributed by atoms with Crippen LogP contribution < -0.4 is 9.64 Å². The predicted octanol–water partition coefficient (Wildman–Crippen LogP) is 7.72. The molecule has 0 bridgehead atoms. The van der Waals surface area contributed by atoms with Crippen LogP contribution in [0.3, 0.4) is 0 Å². The molecular weight excluding hydrogens is 554 g/mol. The van der Waals surface area contributed by atoms with E-state index in [0.717, 1.165) is 53.8 Å². The van der Waals surface area contributed by atoms with E-state index in [0.29, 0.717) is 35.8 Å². The molecule has 1 N–H and O–H groups in total. The normalized spacial score (nSPS) is 19.3. The molecule has 2 atom stereocenters. The maximum atomic E-state index is 14.0. The third-order valence-corrected chi connectivity index (χ3v) is 10.8. The molecule has 0 spiro atoms. The van der Waals surface area contributed by atoms with Crippen LogP contribution >= 0.6 is 11.6 Å². The fourth-order valence-corrected chi connectivity index (χ4v) is 8.42. The molecule has 0 aromatic heterocycles. The number of aliphatic hydroxyl groups is 1. The SMILES string of the molecule is CCCCC1(CCCC)CS(=O)(=O)c2ccc(N(C)C)cc2[C@H](c2ccc(OCc3ccc(CCl)cc3)cc2)[C@H]1O. The van der Waals surface area contributed by atoms with Gasteiger partial charge in [0.15, 0.2) is 9.84 Å². The number of benzene rings is 3. The van der Waals surface area contributed by atoms with Crippen molar-refractivity contribution in [1.29, 1.82) is 0 Å². The van der Waals surface area contributed by atoms with Gasteiger partial charge in [0.05, 0.1) is 16.8 Å². The lowest BCUT2D eigenvalue weighted by molar-refractivity contribution is 0.0127. The lowest BCUT2D eigenvalue weighted by Crippen LogP contribution is -2.43. The zero-order valence-corrected chi connectivity index (χ0v) is 26.3. The summed E-state index contributed by atoms with van der Waals surface area (Å²) >= 11 is 5.91. The Labute approximate surface area is 251 Å². The summed E-state index contributed by atoms with van der Waals surface area (Å²) in [4.78, 5) is 2.31. The van der Waals surface area contributed by atoms with E-state index < -0.39 is 27.3 Å². The zero-order chi connectivity index (χ0) is 29.6. The number of unbranched alkanes of at least 4 members (excludes halogenated alkanes) is 2. The van der Waals surface area contributed by atoms with Gasteiger partial charge in [-0.1, -0.05) is 75.9 Å². The van der Waals surface area contributed by atoms with Crippen LogP contribution in [0, 0.1) is 5.41 Å². The van der Waals surface area contributed by atoms with Crippen molar-refractivity contribution >= 4 is 27.1 Å². The summed E-state index contributed by atoms with van der Waals surface area (Å²) in [7, 11) is 0.263. The second-order valence-corrected chi connectivity index (χ2v) is 13.9. The largest absolute Gasteiger partial charge is 0.489 e. The molecule has 0 fully saturated rings. The topological polar surface area (TPSA) is 66.8 Å². The van der Waals surface area contributed by atoms with E-state index in [1.54, 1.807) is 6.07 Å². The van der Waals surface area contributed by atoms with Crippen molar-refractivity contribution in [2.24, 2.45) is 5.41 Å². The molecule has 7 heteroatoms. The van der Waals surface area contributed by atoms with Gasteiger partial charge in [0.25, 0.3) is 0 Å². The van der Waals surface area contributed by atoms with E-state index in [9.17, 15) is 13.5 Å². The molecule has 3 aromatic rings. The number of nitrogens with zero attached hydrogens (tertiary/aromatic N) is 1. The molecule has 0 aliphatic carbocycles. The van der Waals surface area contributed by atoms with Gasteiger partial charge in [0.2, 0.25) is 0 Å². The fraction of sp³-hybridized carbons (Fsp3) is 0.471. The summed E-state index contributed by atoms with van der Waals surface area (Å²) in [5.41, 5.74) is 3.86. The average Bonchev–Trinajstić information content (AvgIpc) is 3.04. The number of hydrogen-bond acceptors (Lipinski definition) is 5. The molecule has 4 rings (SSSR count). The monoisotopic (exact) mass is 597 g/mol. The molecule has 5 nitrogen and oxygen atoms in total. The highest BCUT2D eigenvalue weighted by Crippen LogP contribution is 2.50. The van der Waals surface area contributed by atoms with Gasteiger partial charge in [-0.3, -0.25) is 0 Å². The quantitative estimate of drug-likeness (QED) is 0.217. The highest BCUT2D eigenvalue weighted by atomic mass is 35.5. The maximum absolute atomic E-state index is 14.0. The summed E-state index contributed by atoms with van der Waals surface area (Å²) < 4.78 is 34.1. The van der Waals surface area contributed by atoms with Crippen LogP contribution in [0.4, 0.5) is 5.69 Å². The van der Waals surface area contributed by atoms with Crippen LogP contribution in [0.25, 0.3) is 0 Å². The number of rotatable bonds is 12. The number of aliphatic hydroxyl groups excluding tert-OH is 1. The van der Waals surface area contributed by atoms with Gasteiger partial charge in [-0.2, -0.15) is 0 Å². The van der Waals surface area contributed by atoms with E-state index >= 15 is 0 Å². The van der Waals surface area contributed by atoms with Crippen LogP contribution in [-0.4, -0.2) is 39.5 Å². The minimum atomic E-state index is -3.63. The molecule has 0 saturated heterocycles. The van der Waals surface area contributed by atoms with Crippen LogP contribution in [0.1, 0.15) is 80.5 Å². The van der Waals surface area contributed by atoms with Gasteiger partial charge in [0.1, 0.15) is 12.4 Å². The molecular formula is C34H44ClNO4S. The Morgan fingerprint density at radius 3 is 2.10 bits per heavy atom. The lowest BCUT2D eigenvalue weighted by atomic mass is 9.68. The molecule has 1 aliphatic heterocycles. The number of hydrogen-bond donors (Lipinski definition) is 1. The molecule has 222 valence electrons. The standard InChI is InChI=1S/C34H44ClNO4S/c1-5-7-19-34(20-8-6-2)24-41(38,39)31-18-15-28(36(3)4)21-30(31)32(33(34)37)27-13-16-29(17-14-27)40-23-26-11-9-25(22-35)10-12-26/h9-18,21,32-33,37H,5-8,19-20,22-24H2,1-4H3/t32-,33+/m0/s1. The Morgan fingerprint density at radius 2 is 1.54 bits per heavy atom. The Kier molecular flexibility index (Phi) is 10.4. The Morgan fingerprint density at radius 1 is 0.927 bits per heavy atom. The third-order valence-electron chi connectivity index (χ3n) is 8.48. The van der Waals surface area contributed by atoms with Crippen molar-refractivity contribution in [3.05, 3.63) is 89.0 Å². The first kappa shape index (κ1) is 31.4. The molecule has 0 saturated carbocycles. The van der Waals surface area contributed by atoms with Crippen molar-refractivity contribution < 1.29 is 18.3 Å². The van der Waals surface area contributed by atoms with Crippen LogP contribution in [0.15, 0.2) is 71.6 Å². The Bertz CT molecular complexity index is 1380. The number of alkyl halides is 1. The summed E-state index contributed by atoms with van der Waals surface area (Å²) in [5, 5.41) is 12.3. The number of ether oxygens (including phenoxy) is 1. The average molecular weight is 598 g/mol. The van der Waals surface area contributed by atoms with Crippen LogP contribution in [0.2, 0.25) is 0 Å². The number of sulfone groups is 1. The Hall–Kier alpha value is -2.54. The number of halogens is 1. The molecule has 1 aliphatic rings. The highest BCUT2D eigenvalue weighted by Gasteiger charge is 2.49. The van der Waals surface area contributed by atoms with Gasteiger partial charge in [0, 0.05) is 37.0 Å². The van der Waals surface area contributed by atoms with E-state index in [1.165, 1.54) is 0 Å². The van der Waals surface area contributed by atoms with Crippen LogP contribution in [-0.2, 0) is 22.3 Å². The van der Waals surface area contributed by atoms with Crippen molar-refractivity contribution in [3.8, 4) is 5.75 Å². The molecule has 41 heavy (non-hydrogen) atoms. The first-order chi connectivity index (χ1) is 19.6. The van der Waals surface area contributed by atoms with E-state index in [4.69, 9.17) is 16.3 Å². The lowest BCUT2D eigenvalue weighted by Gasteiger charge is -2.40. The number of anilines is 1. The number of fused-ring (bicyclic) bond motifs is 1. The van der Waals surface area contributed by atoms with E-state index in [1.807, 2.05) is 79.7 Å². The van der Waals surface area contributed by atoms with E-state index in [-0.39, 0.29) is 5.75 Å². The summed E-state index contributed by atoms with van der Waals surface area (Å²) in [6.07, 6.45) is 4.16. The van der Waals surface area contributed by atoms with Gasteiger partial charge in [-0.25, -0.2) is 8.42 Å². The Balaban J connectivity index is 1.75. The summed E-state index contributed by atoms with van der Waals surface area (Å²) in [5.74, 6) is 0.689. The molecule has 3 aromatic carbocycles. The third kappa shape index (κ3) is 7.10. The zero-order valence-electron chi connectivity index (χ0n) is 24.8. The predicted molar refractivity (Wildman–Crippen MR) is 169 cm³/mol. The van der Waals surface area contributed by atoms with Crippen molar-refractivity contribution in [3.63, 3.8) is 0 Å². The van der Waals surface area contributed by atoms with Gasteiger partial charge >= 0.3 is 0 Å². The van der Waals surface area contributed by atoms with Gasteiger partial charge in [-0.05, 0) is 65.4 Å². The van der Waals surface area contributed by atoms with Crippen molar-refractivity contribution in [2.75, 3.05) is 24.7 Å². The summed E-state index contributed by atoms with van der Waals surface area (Å²) in [6.45, 7) is 4.66. The molecule has 0 radical (unpaired) electrons. The highest BCUT2D eigenvalue weighted by molar-refractivity contribution is 7.91.